The van der Waals surface area contributed by atoms with E-state index in [0.29, 0.717) is 11.7 Å². The summed E-state index contributed by atoms with van der Waals surface area (Å²) in [7, 11) is 0. The number of phenolic OH excluding ortho intramolecular Hbond substituents is 1. The fourth-order valence-electron chi connectivity index (χ4n) is 1.79. The molecule has 0 aliphatic rings. The Morgan fingerprint density at radius 3 is 2.25 bits per heavy atom. The molecule has 0 fully saturated rings. The average Bonchev–Trinajstić information content (AvgIpc) is 2.06. The predicted octanol–water partition coefficient (Wildman–Crippen LogP) is 4.65. The summed E-state index contributed by atoms with van der Waals surface area (Å²) in [4.78, 5) is 0. The fourth-order valence-corrected chi connectivity index (χ4v) is 2.71. The highest BCUT2D eigenvalue weighted by Crippen LogP contribution is 2.35. The summed E-state index contributed by atoms with van der Waals surface area (Å²) in [6.07, 6.45) is 0.919. The summed E-state index contributed by atoms with van der Waals surface area (Å²) in [6, 6.07) is 3.94. The van der Waals surface area contributed by atoms with E-state index in [0.717, 1.165) is 16.5 Å². The molecule has 0 amide bonds. The molecule has 1 rings (SSSR count). The second-order valence-corrected chi connectivity index (χ2v) is 6.66. The van der Waals surface area contributed by atoms with Crippen LogP contribution in [-0.4, -0.2) is 5.11 Å². The van der Waals surface area contributed by atoms with Gasteiger partial charge in [0.15, 0.2) is 0 Å². The van der Waals surface area contributed by atoms with E-state index in [1.165, 1.54) is 5.56 Å². The zero-order chi connectivity index (χ0) is 12.5. The van der Waals surface area contributed by atoms with Gasteiger partial charge in [-0.3, -0.25) is 0 Å². The van der Waals surface area contributed by atoms with Crippen LogP contribution in [0.5, 0.6) is 5.75 Å². The highest BCUT2D eigenvalue weighted by atomic mass is 79.9. The number of aromatic hydroxyl groups is 1. The van der Waals surface area contributed by atoms with Crippen LogP contribution in [0, 0.1) is 5.92 Å². The normalized spacial score (nSPS) is 12.2. The van der Waals surface area contributed by atoms with Crippen molar-refractivity contribution >= 4 is 15.9 Å². The van der Waals surface area contributed by atoms with Gasteiger partial charge in [0, 0.05) is 4.47 Å². The van der Waals surface area contributed by atoms with Crippen LogP contribution < -0.4 is 0 Å². The minimum atomic E-state index is 0.0955. The summed E-state index contributed by atoms with van der Waals surface area (Å²) >= 11 is 3.52. The number of hydrogen-bond donors (Lipinski definition) is 1. The van der Waals surface area contributed by atoms with Crippen LogP contribution in [0.15, 0.2) is 16.6 Å². The molecule has 0 aliphatic heterocycles. The van der Waals surface area contributed by atoms with Gasteiger partial charge in [0.2, 0.25) is 0 Å². The SMILES string of the molecule is CC(C)Cc1cc(C(C)(C)C)c(Br)cc1O. The molecule has 0 unspecified atom stereocenters. The zero-order valence-corrected chi connectivity index (χ0v) is 12.4. The zero-order valence-electron chi connectivity index (χ0n) is 10.8. The molecule has 1 aromatic carbocycles. The van der Waals surface area contributed by atoms with E-state index in [2.05, 4.69) is 56.6 Å². The molecule has 0 radical (unpaired) electrons. The van der Waals surface area contributed by atoms with Gasteiger partial charge in [-0.2, -0.15) is 0 Å². The largest absolute Gasteiger partial charge is 0.508 e. The van der Waals surface area contributed by atoms with Crippen molar-refractivity contribution in [3.63, 3.8) is 0 Å². The minimum absolute atomic E-state index is 0.0955. The van der Waals surface area contributed by atoms with Crippen LogP contribution >= 0.6 is 15.9 Å². The van der Waals surface area contributed by atoms with E-state index < -0.39 is 0 Å². The number of rotatable bonds is 2. The molecular formula is C14H21BrO. The molecule has 0 aliphatic carbocycles. The third-order valence-corrected chi connectivity index (χ3v) is 3.26. The van der Waals surface area contributed by atoms with Crippen LogP contribution in [0.3, 0.4) is 0 Å². The Kier molecular flexibility index (Phi) is 4.06. The van der Waals surface area contributed by atoms with E-state index in [4.69, 9.17) is 0 Å². The van der Waals surface area contributed by atoms with Gasteiger partial charge in [-0.25, -0.2) is 0 Å². The van der Waals surface area contributed by atoms with Crippen LogP contribution in [0.4, 0.5) is 0 Å². The standard InChI is InChI=1S/C14H21BrO/c1-9(2)6-10-7-11(14(3,4)5)12(15)8-13(10)16/h7-9,16H,6H2,1-5H3. The van der Waals surface area contributed by atoms with Gasteiger partial charge in [-0.15, -0.1) is 0 Å². The molecule has 0 heterocycles. The summed E-state index contributed by atoms with van der Waals surface area (Å²) in [5.74, 6) is 0.952. The van der Waals surface area contributed by atoms with Crippen LogP contribution in [-0.2, 0) is 11.8 Å². The molecule has 1 N–H and O–H groups in total. The lowest BCUT2D eigenvalue weighted by atomic mass is 9.85. The fraction of sp³-hybridized carbons (Fsp3) is 0.571. The molecule has 0 saturated heterocycles. The molecule has 1 nitrogen and oxygen atoms in total. The maximum absolute atomic E-state index is 9.90. The first-order chi connectivity index (χ1) is 7.21. The number of phenols is 1. The van der Waals surface area contributed by atoms with Crippen molar-refractivity contribution < 1.29 is 5.11 Å². The van der Waals surface area contributed by atoms with Crippen molar-refractivity contribution in [1.82, 2.24) is 0 Å². The second-order valence-electron chi connectivity index (χ2n) is 5.81. The summed E-state index contributed by atoms with van der Waals surface area (Å²) in [5.41, 5.74) is 2.39. The molecule has 90 valence electrons. The van der Waals surface area contributed by atoms with Gasteiger partial charge < -0.3 is 5.11 Å². The quantitative estimate of drug-likeness (QED) is 0.838. The van der Waals surface area contributed by atoms with E-state index in [1.807, 2.05) is 6.07 Å². The van der Waals surface area contributed by atoms with Crippen LogP contribution in [0.25, 0.3) is 0 Å². The Morgan fingerprint density at radius 1 is 1.25 bits per heavy atom. The maximum Gasteiger partial charge on any atom is 0.119 e. The minimum Gasteiger partial charge on any atom is -0.508 e. The Balaban J connectivity index is 3.22. The Bertz CT molecular complexity index is 375. The van der Waals surface area contributed by atoms with Gasteiger partial charge >= 0.3 is 0 Å². The summed E-state index contributed by atoms with van der Waals surface area (Å²) in [6.45, 7) is 10.9. The summed E-state index contributed by atoms with van der Waals surface area (Å²) in [5, 5.41) is 9.90. The van der Waals surface area contributed by atoms with Crippen molar-refractivity contribution in [2.75, 3.05) is 0 Å². The third-order valence-electron chi connectivity index (χ3n) is 2.60. The first kappa shape index (κ1) is 13.6. The van der Waals surface area contributed by atoms with E-state index in [-0.39, 0.29) is 5.41 Å². The first-order valence-electron chi connectivity index (χ1n) is 5.73. The molecule has 1 aromatic rings. The first-order valence-corrected chi connectivity index (χ1v) is 6.53. The Labute approximate surface area is 107 Å². The number of halogens is 1. The van der Waals surface area contributed by atoms with Gasteiger partial charge in [0.1, 0.15) is 5.75 Å². The van der Waals surface area contributed by atoms with Gasteiger partial charge in [0.05, 0.1) is 0 Å². The number of hydrogen-bond acceptors (Lipinski definition) is 1. The van der Waals surface area contributed by atoms with Crippen molar-refractivity contribution in [3.8, 4) is 5.75 Å². The molecular weight excluding hydrogens is 264 g/mol. The molecule has 0 atom stereocenters. The van der Waals surface area contributed by atoms with E-state index >= 15 is 0 Å². The van der Waals surface area contributed by atoms with Crippen molar-refractivity contribution in [3.05, 3.63) is 27.7 Å². The molecule has 0 spiro atoms. The topological polar surface area (TPSA) is 20.2 Å². The van der Waals surface area contributed by atoms with E-state index in [9.17, 15) is 5.11 Å². The molecule has 0 aromatic heterocycles. The lowest BCUT2D eigenvalue weighted by Gasteiger charge is -2.22. The van der Waals surface area contributed by atoms with Crippen molar-refractivity contribution in [2.45, 2.75) is 46.5 Å². The van der Waals surface area contributed by atoms with Gasteiger partial charge in [-0.1, -0.05) is 56.6 Å². The molecule has 0 saturated carbocycles. The highest BCUT2D eigenvalue weighted by Gasteiger charge is 2.19. The monoisotopic (exact) mass is 284 g/mol. The van der Waals surface area contributed by atoms with Gasteiger partial charge in [-0.05, 0) is 34.9 Å². The molecule has 0 bridgehead atoms. The lowest BCUT2D eigenvalue weighted by Crippen LogP contribution is -2.13. The third kappa shape index (κ3) is 3.24. The smallest absolute Gasteiger partial charge is 0.119 e. The Morgan fingerprint density at radius 2 is 1.81 bits per heavy atom. The van der Waals surface area contributed by atoms with Crippen molar-refractivity contribution in [2.24, 2.45) is 5.92 Å². The molecule has 2 heteroatoms. The average molecular weight is 285 g/mol. The van der Waals surface area contributed by atoms with E-state index in [1.54, 1.807) is 0 Å². The van der Waals surface area contributed by atoms with Crippen LogP contribution in [0.2, 0.25) is 0 Å². The van der Waals surface area contributed by atoms with Crippen molar-refractivity contribution in [1.29, 1.82) is 0 Å². The second kappa shape index (κ2) is 4.79. The highest BCUT2D eigenvalue weighted by molar-refractivity contribution is 9.10. The lowest BCUT2D eigenvalue weighted by molar-refractivity contribution is 0.460. The number of benzene rings is 1. The maximum atomic E-state index is 9.90. The Hall–Kier alpha value is -0.500. The molecule has 16 heavy (non-hydrogen) atoms. The van der Waals surface area contributed by atoms with Gasteiger partial charge in [0.25, 0.3) is 0 Å². The van der Waals surface area contributed by atoms with Crippen LogP contribution in [0.1, 0.15) is 45.7 Å². The summed E-state index contributed by atoms with van der Waals surface area (Å²) < 4.78 is 0.991. The predicted molar refractivity (Wildman–Crippen MR) is 73.0 cm³/mol.